The van der Waals surface area contributed by atoms with E-state index in [2.05, 4.69) is 58.4 Å². The minimum Gasteiger partial charge on any atom is -0.396 e. The van der Waals surface area contributed by atoms with Crippen LogP contribution in [-0.2, 0) is 0 Å². The first-order chi connectivity index (χ1) is 9.29. The zero-order chi connectivity index (χ0) is 13.2. The van der Waals surface area contributed by atoms with Crippen LogP contribution in [0.15, 0.2) is 59.1 Å². The number of rotatable bonds is 4. The number of benzene rings is 2. The summed E-state index contributed by atoms with van der Waals surface area (Å²) in [5.74, 6) is 1.43. The van der Waals surface area contributed by atoms with Gasteiger partial charge >= 0.3 is 0 Å². The van der Waals surface area contributed by atoms with Gasteiger partial charge in [-0.2, -0.15) is 0 Å². The van der Waals surface area contributed by atoms with E-state index in [0.717, 1.165) is 4.47 Å². The average Bonchev–Trinajstić information content (AvgIpc) is 3.21. The first-order valence-corrected chi connectivity index (χ1v) is 7.50. The van der Waals surface area contributed by atoms with Crippen LogP contribution < -0.4 is 0 Å². The number of aliphatic hydroxyl groups excluding tert-OH is 1. The monoisotopic (exact) mass is 316 g/mol. The lowest BCUT2D eigenvalue weighted by Gasteiger charge is -2.15. The van der Waals surface area contributed by atoms with Gasteiger partial charge in [0.25, 0.3) is 0 Å². The van der Waals surface area contributed by atoms with Gasteiger partial charge in [0, 0.05) is 10.4 Å². The molecule has 3 rings (SSSR count). The Labute approximate surface area is 122 Å². The molecule has 0 bridgehead atoms. The zero-order valence-corrected chi connectivity index (χ0v) is 12.3. The van der Waals surface area contributed by atoms with Crippen molar-refractivity contribution < 1.29 is 5.11 Å². The molecule has 0 spiro atoms. The molecule has 2 aromatic carbocycles. The van der Waals surface area contributed by atoms with Crippen LogP contribution in [-0.4, -0.2) is 11.7 Å². The highest BCUT2D eigenvalue weighted by Crippen LogP contribution is 2.54. The Balaban J connectivity index is 1.79. The minimum atomic E-state index is 0.227. The van der Waals surface area contributed by atoms with Crippen LogP contribution in [0.5, 0.6) is 0 Å². The standard InChI is InChI=1S/C17H17BrO/c18-14-8-4-7-13(9-14)17(11-19)16-10-15(16)12-5-2-1-3-6-12/h1-9,15-17,19H,10-11H2. The van der Waals surface area contributed by atoms with Crippen molar-refractivity contribution in [1.29, 1.82) is 0 Å². The Morgan fingerprint density at radius 2 is 1.89 bits per heavy atom. The van der Waals surface area contributed by atoms with Crippen molar-refractivity contribution >= 4 is 15.9 Å². The van der Waals surface area contributed by atoms with E-state index in [1.165, 1.54) is 17.5 Å². The van der Waals surface area contributed by atoms with E-state index in [1.54, 1.807) is 0 Å². The van der Waals surface area contributed by atoms with Crippen LogP contribution in [0.25, 0.3) is 0 Å². The highest BCUT2D eigenvalue weighted by Gasteiger charge is 2.43. The molecule has 1 aliphatic rings. The molecule has 0 heterocycles. The first-order valence-electron chi connectivity index (χ1n) is 6.71. The molecule has 0 aromatic heterocycles. The fourth-order valence-electron chi connectivity index (χ4n) is 2.97. The van der Waals surface area contributed by atoms with Gasteiger partial charge in [-0.25, -0.2) is 0 Å². The summed E-state index contributed by atoms with van der Waals surface area (Å²) in [5, 5.41) is 9.73. The van der Waals surface area contributed by atoms with Gasteiger partial charge in [-0.1, -0.05) is 58.4 Å². The predicted octanol–water partition coefficient (Wildman–Crippen LogP) is 4.33. The lowest BCUT2D eigenvalue weighted by molar-refractivity contribution is 0.251. The summed E-state index contributed by atoms with van der Waals surface area (Å²) in [7, 11) is 0. The van der Waals surface area contributed by atoms with Gasteiger partial charge in [0.1, 0.15) is 0 Å². The van der Waals surface area contributed by atoms with Crippen LogP contribution in [0.1, 0.15) is 29.4 Å². The van der Waals surface area contributed by atoms with Crippen LogP contribution in [0.3, 0.4) is 0 Å². The van der Waals surface area contributed by atoms with Crippen LogP contribution >= 0.6 is 15.9 Å². The second-order valence-corrected chi connectivity index (χ2v) is 6.18. The Bertz CT molecular complexity index is 552. The first kappa shape index (κ1) is 12.9. The maximum Gasteiger partial charge on any atom is 0.0502 e. The molecule has 98 valence electrons. The summed E-state index contributed by atoms with van der Waals surface area (Å²) in [6.45, 7) is 0.227. The fourth-order valence-corrected chi connectivity index (χ4v) is 3.39. The van der Waals surface area contributed by atoms with E-state index in [0.29, 0.717) is 11.8 Å². The molecule has 1 saturated carbocycles. The third-order valence-corrected chi connectivity index (χ3v) is 4.55. The van der Waals surface area contributed by atoms with Crippen molar-refractivity contribution in [2.45, 2.75) is 18.3 Å². The highest BCUT2D eigenvalue weighted by atomic mass is 79.9. The summed E-state index contributed by atoms with van der Waals surface area (Å²) in [4.78, 5) is 0. The Kier molecular flexibility index (Phi) is 3.72. The second-order valence-electron chi connectivity index (χ2n) is 5.26. The smallest absolute Gasteiger partial charge is 0.0502 e. The Hall–Kier alpha value is -1.12. The molecule has 1 nitrogen and oxygen atoms in total. The summed E-state index contributed by atoms with van der Waals surface area (Å²) in [5.41, 5.74) is 2.64. The Morgan fingerprint density at radius 3 is 2.58 bits per heavy atom. The Morgan fingerprint density at radius 1 is 1.11 bits per heavy atom. The summed E-state index contributed by atoms with van der Waals surface area (Å²) in [6.07, 6.45) is 1.18. The lowest BCUT2D eigenvalue weighted by atomic mass is 9.92. The van der Waals surface area contributed by atoms with Crippen molar-refractivity contribution in [2.24, 2.45) is 5.92 Å². The molecule has 2 heteroatoms. The van der Waals surface area contributed by atoms with Crippen LogP contribution in [0.2, 0.25) is 0 Å². The molecule has 3 unspecified atom stereocenters. The fraction of sp³-hybridized carbons (Fsp3) is 0.294. The molecule has 19 heavy (non-hydrogen) atoms. The van der Waals surface area contributed by atoms with Gasteiger partial charge in [0.15, 0.2) is 0 Å². The maximum atomic E-state index is 9.73. The number of hydrogen-bond acceptors (Lipinski definition) is 1. The van der Waals surface area contributed by atoms with E-state index in [9.17, 15) is 5.11 Å². The van der Waals surface area contributed by atoms with E-state index >= 15 is 0 Å². The topological polar surface area (TPSA) is 20.2 Å². The molecule has 2 aromatic rings. The molecule has 0 radical (unpaired) electrons. The molecule has 0 amide bonds. The van der Waals surface area contributed by atoms with E-state index in [1.807, 2.05) is 12.1 Å². The number of aliphatic hydroxyl groups is 1. The lowest BCUT2D eigenvalue weighted by Crippen LogP contribution is -2.07. The van der Waals surface area contributed by atoms with Gasteiger partial charge in [-0.05, 0) is 41.5 Å². The molecule has 1 N–H and O–H groups in total. The predicted molar refractivity (Wildman–Crippen MR) is 81.3 cm³/mol. The summed E-state index contributed by atoms with van der Waals surface area (Å²) >= 11 is 3.51. The maximum absolute atomic E-state index is 9.73. The van der Waals surface area contributed by atoms with Crippen molar-refractivity contribution in [1.82, 2.24) is 0 Å². The summed E-state index contributed by atoms with van der Waals surface area (Å²) in [6, 6.07) is 18.9. The van der Waals surface area contributed by atoms with Gasteiger partial charge in [0.2, 0.25) is 0 Å². The largest absolute Gasteiger partial charge is 0.396 e. The van der Waals surface area contributed by atoms with E-state index < -0.39 is 0 Å². The van der Waals surface area contributed by atoms with Crippen molar-refractivity contribution in [3.05, 3.63) is 70.2 Å². The van der Waals surface area contributed by atoms with Crippen LogP contribution in [0, 0.1) is 5.92 Å². The quantitative estimate of drug-likeness (QED) is 0.890. The second kappa shape index (κ2) is 5.48. The molecule has 0 aliphatic heterocycles. The third-order valence-electron chi connectivity index (χ3n) is 4.06. The van der Waals surface area contributed by atoms with Crippen molar-refractivity contribution in [3.8, 4) is 0 Å². The zero-order valence-electron chi connectivity index (χ0n) is 10.7. The molecule has 3 atom stereocenters. The molecular formula is C17H17BrO. The third kappa shape index (κ3) is 2.75. The average molecular weight is 317 g/mol. The molecular weight excluding hydrogens is 300 g/mol. The normalized spacial score (nSPS) is 23.1. The summed E-state index contributed by atoms with van der Waals surface area (Å²) < 4.78 is 1.08. The van der Waals surface area contributed by atoms with E-state index in [-0.39, 0.29) is 12.5 Å². The van der Waals surface area contributed by atoms with E-state index in [4.69, 9.17) is 0 Å². The van der Waals surface area contributed by atoms with Gasteiger partial charge in [-0.15, -0.1) is 0 Å². The number of halogens is 1. The molecule has 0 saturated heterocycles. The highest BCUT2D eigenvalue weighted by molar-refractivity contribution is 9.10. The van der Waals surface area contributed by atoms with Crippen molar-refractivity contribution in [3.63, 3.8) is 0 Å². The van der Waals surface area contributed by atoms with Gasteiger partial charge in [0.05, 0.1) is 6.61 Å². The van der Waals surface area contributed by atoms with Gasteiger partial charge in [-0.3, -0.25) is 0 Å². The van der Waals surface area contributed by atoms with Crippen molar-refractivity contribution in [2.75, 3.05) is 6.61 Å². The number of hydrogen-bond donors (Lipinski definition) is 1. The van der Waals surface area contributed by atoms with Gasteiger partial charge < -0.3 is 5.11 Å². The minimum absolute atomic E-state index is 0.227. The molecule has 1 fully saturated rings. The molecule has 1 aliphatic carbocycles. The SMILES string of the molecule is OCC(c1cccc(Br)c1)C1CC1c1ccccc1. The van der Waals surface area contributed by atoms with Crippen LogP contribution in [0.4, 0.5) is 0 Å².